The molecule has 0 saturated heterocycles. The summed E-state index contributed by atoms with van der Waals surface area (Å²) >= 11 is 0. The van der Waals surface area contributed by atoms with Gasteiger partial charge in [0.15, 0.2) is 0 Å². The molecule has 11 heteroatoms. The Morgan fingerprint density at radius 3 is 1.29 bits per heavy atom. The maximum absolute atomic E-state index is 11.5. The minimum atomic E-state index is -4.67. The normalized spacial score (nSPS) is 8.93. The number of rotatable bonds is 2. The van der Waals surface area contributed by atoms with Gasteiger partial charge in [-0.1, -0.05) is 0 Å². The van der Waals surface area contributed by atoms with E-state index in [2.05, 4.69) is 0 Å². The van der Waals surface area contributed by atoms with E-state index in [1.807, 2.05) is 0 Å². The van der Waals surface area contributed by atoms with Crippen molar-refractivity contribution in [1.82, 2.24) is 0 Å². The molecule has 4 N–H and O–H groups in total. The summed E-state index contributed by atoms with van der Waals surface area (Å²) in [4.78, 5) is 18.7. The van der Waals surface area contributed by atoms with Crippen molar-refractivity contribution in [3.05, 3.63) is 0 Å². The number of carboxylic acid groups (broad SMARTS) is 2. The van der Waals surface area contributed by atoms with Crippen LogP contribution < -0.4 is 23.9 Å². The topological polar surface area (TPSA) is 138 Å². The van der Waals surface area contributed by atoms with Gasteiger partial charge in [0.25, 0.3) is 0 Å². The Bertz CT molecular complexity index is 179. The number of carboxylic acids is 2. The van der Waals surface area contributed by atoms with Gasteiger partial charge in [-0.05, 0) is 0 Å². The maximum atomic E-state index is 11.5. The van der Waals surface area contributed by atoms with Gasteiger partial charge in [0.2, 0.25) is 0 Å². The van der Waals surface area contributed by atoms with Crippen LogP contribution in [0.1, 0.15) is 0 Å². The van der Waals surface area contributed by atoms with Crippen LogP contribution in [0.15, 0.2) is 0 Å². The van der Waals surface area contributed by atoms with Gasteiger partial charge in [-0.25, -0.2) is 9.59 Å². The Balaban J connectivity index is -0.000000209. The average molecular weight is 208 g/mol. The molecule has 0 rings (SSSR count). The van der Waals surface area contributed by atoms with E-state index in [0.29, 0.717) is 0 Å². The van der Waals surface area contributed by atoms with Crippen molar-refractivity contribution in [3.63, 3.8) is 0 Å². The second kappa shape index (κ2) is 7.72. The summed E-state index contributed by atoms with van der Waals surface area (Å²) in [6, 6.07) is 0. The van der Waals surface area contributed by atoms with Crippen LogP contribution in [0.5, 0.6) is 0 Å². The third-order valence-electron chi connectivity index (χ3n) is 0.537. The summed E-state index contributed by atoms with van der Waals surface area (Å²) in [6.07, 6.45) is 0. The molecule has 0 aliphatic heterocycles. The summed E-state index contributed by atoms with van der Waals surface area (Å²) in [7, 11) is -2.42. The molecule has 7 nitrogen and oxygen atoms in total. The van der Waals surface area contributed by atoms with Crippen LogP contribution in [-0.4, -0.2) is 45.4 Å². The monoisotopic (exact) mass is 208 g/mol. The molecule has 0 radical (unpaired) electrons. The molecule has 76 valence electrons. The summed E-state index contributed by atoms with van der Waals surface area (Å²) in [6.45, 7) is 0. The van der Waals surface area contributed by atoms with Gasteiger partial charge in [0.1, 0.15) is 0 Å². The van der Waals surface area contributed by atoms with Crippen LogP contribution in [0.25, 0.3) is 0 Å². The van der Waals surface area contributed by atoms with Crippen LogP contribution in [-0.2, 0) is 9.59 Å². The second-order valence-electron chi connectivity index (χ2n) is 1.51. The van der Waals surface area contributed by atoms with Gasteiger partial charge >= 0.3 is 44.0 Å². The van der Waals surface area contributed by atoms with Gasteiger partial charge < -0.3 is 25.3 Å². The van der Waals surface area contributed by atoms with Gasteiger partial charge in [-0.2, -0.15) is 8.78 Å². The van der Waals surface area contributed by atoms with Crippen LogP contribution in [0.3, 0.4) is 0 Å². The molecular weight excluding hydrogens is 204 g/mol. The second-order valence-corrected chi connectivity index (χ2v) is 1.51. The van der Waals surface area contributed by atoms with Crippen LogP contribution in [0.4, 0.5) is 8.78 Å². The quantitative estimate of drug-likeness (QED) is 0.261. The third kappa shape index (κ3) is 9.43. The third-order valence-corrected chi connectivity index (χ3v) is 0.537. The van der Waals surface area contributed by atoms with Gasteiger partial charge in [0.05, 0.1) is 0 Å². The van der Waals surface area contributed by atoms with Crippen molar-refractivity contribution in [2.75, 3.05) is 0 Å². The molecular formula is C3H4BF2LiO7. The first kappa shape index (κ1) is 19.0. The molecule has 0 aromatic carbocycles. The molecule has 0 aromatic heterocycles. The number of carbonyl (C=O) groups is 2. The molecule has 0 atom stereocenters. The van der Waals surface area contributed by atoms with Crippen molar-refractivity contribution >= 4 is 19.3 Å². The van der Waals surface area contributed by atoms with E-state index >= 15 is 0 Å². The number of halogens is 2. The van der Waals surface area contributed by atoms with Crippen molar-refractivity contribution in [2.24, 2.45) is 0 Å². The maximum Gasteiger partial charge on any atom is 1.00 e. The SMILES string of the molecule is O=C(O)C(F)(F)C(=O)O.[Li+].[O-]B(O)O. The average Bonchev–Trinajstić information content (AvgIpc) is 1.85. The largest absolute Gasteiger partial charge is 1.00 e. The smallest absolute Gasteiger partial charge is 0.832 e. The van der Waals surface area contributed by atoms with E-state index in [4.69, 9.17) is 25.3 Å². The molecule has 0 amide bonds. The molecule has 0 spiro atoms. The molecule has 0 aromatic rings. The zero-order valence-electron chi connectivity index (χ0n) is 6.85. The fraction of sp³-hybridized carbons (Fsp3) is 0.333. The Kier molecular flexibility index (Phi) is 10.5. The van der Waals surface area contributed by atoms with Crippen molar-refractivity contribution in [1.29, 1.82) is 0 Å². The van der Waals surface area contributed by atoms with Gasteiger partial charge in [-0.3, -0.25) is 0 Å². The van der Waals surface area contributed by atoms with E-state index in [9.17, 15) is 18.4 Å². The Morgan fingerprint density at radius 1 is 1.14 bits per heavy atom. The minimum Gasteiger partial charge on any atom is -0.832 e. The first-order valence-corrected chi connectivity index (χ1v) is 2.49. The Morgan fingerprint density at radius 2 is 1.29 bits per heavy atom. The van der Waals surface area contributed by atoms with Gasteiger partial charge in [0, 0.05) is 0 Å². The van der Waals surface area contributed by atoms with E-state index < -0.39 is 25.2 Å². The first-order chi connectivity index (χ1) is 5.62. The molecule has 0 fully saturated rings. The molecule has 0 aliphatic rings. The summed E-state index contributed by atoms with van der Waals surface area (Å²) in [5.41, 5.74) is 0. The Hall–Kier alpha value is -0.658. The molecule has 0 bridgehead atoms. The molecule has 0 aliphatic carbocycles. The standard InChI is InChI=1S/C3H2F2O4.BH2O3.Li/c4-3(5,1(6)7)2(8)9;2-1(3)4;/h(H,6,7)(H,8,9);2-3H;/q;-1;+1. The fourth-order valence-electron chi connectivity index (χ4n) is 0.0915. The predicted octanol–water partition coefficient (Wildman–Crippen LogP) is -5.89. The summed E-state index contributed by atoms with van der Waals surface area (Å²) in [5, 5.41) is 37.7. The van der Waals surface area contributed by atoms with E-state index in [1.54, 1.807) is 0 Å². The number of hydrogen-bond acceptors (Lipinski definition) is 5. The molecule has 0 unspecified atom stereocenters. The number of aliphatic carboxylic acids is 2. The van der Waals surface area contributed by atoms with E-state index in [1.165, 1.54) is 0 Å². The van der Waals surface area contributed by atoms with Crippen molar-refractivity contribution < 1.29 is 62.5 Å². The summed E-state index contributed by atoms with van der Waals surface area (Å²) < 4.78 is 22.9. The Labute approximate surface area is 88.3 Å². The van der Waals surface area contributed by atoms with Crippen LogP contribution in [0, 0.1) is 0 Å². The molecule has 0 heterocycles. The van der Waals surface area contributed by atoms with Crippen LogP contribution >= 0.6 is 0 Å². The zero-order chi connectivity index (χ0) is 11.2. The zero-order valence-corrected chi connectivity index (χ0v) is 6.85. The number of alkyl halides is 2. The van der Waals surface area contributed by atoms with E-state index in [0.717, 1.165) is 0 Å². The van der Waals surface area contributed by atoms with Crippen LogP contribution in [0.2, 0.25) is 0 Å². The molecule has 0 saturated carbocycles. The summed E-state index contributed by atoms with van der Waals surface area (Å²) in [5.74, 6) is -9.98. The van der Waals surface area contributed by atoms with Crippen molar-refractivity contribution in [2.45, 2.75) is 5.92 Å². The molecule has 14 heavy (non-hydrogen) atoms. The fourth-order valence-corrected chi connectivity index (χ4v) is 0.0915. The number of hydrogen-bond donors (Lipinski definition) is 4. The van der Waals surface area contributed by atoms with E-state index in [-0.39, 0.29) is 18.9 Å². The first-order valence-electron chi connectivity index (χ1n) is 2.49. The van der Waals surface area contributed by atoms with Gasteiger partial charge in [-0.15, -0.1) is 0 Å². The van der Waals surface area contributed by atoms with Crippen molar-refractivity contribution in [3.8, 4) is 0 Å². The predicted molar refractivity (Wildman–Crippen MR) is 30.4 cm³/mol. The minimum absolute atomic E-state index is 0.